The van der Waals surface area contributed by atoms with Gasteiger partial charge in [-0.25, -0.2) is 9.97 Å². The summed E-state index contributed by atoms with van der Waals surface area (Å²) in [7, 11) is 0. The number of hydrogen-bond donors (Lipinski definition) is 2. The first-order valence-corrected chi connectivity index (χ1v) is 6.72. The molecule has 1 atom stereocenters. The zero-order valence-electron chi connectivity index (χ0n) is 11.5. The maximum Gasteiger partial charge on any atom is 0.234 e. The molecule has 1 saturated heterocycles. The van der Waals surface area contributed by atoms with Gasteiger partial charge in [0.1, 0.15) is 11.6 Å². The second-order valence-electron chi connectivity index (χ2n) is 4.87. The third kappa shape index (κ3) is 3.41. The van der Waals surface area contributed by atoms with E-state index in [0.717, 1.165) is 43.3 Å². The van der Waals surface area contributed by atoms with Gasteiger partial charge in [-0.1, -0.05) is 0 Å². The zero-order valence-corrected chi connectivity index (χ0v) is 11.5. The molecule has 1 amide bonds. The maximum atomic E-state index is 11.4. The van der Waals surface area contributed by atoms with Crippen LogP contribution >= 0.6 is 0 Å². The van der Waals surface area contributed by atoms with Crippen molar-refractivity contribution in [1.82, 2.24) is 14.9 Å². The molecule has 3 N–H and O–H groups in total. The van der Waals surface area contributed by atoms with Gasteiger partial charge in [-0.2, -0.15) is 0 Å². The lowest BCUT2D eigenvalue weighted by Crippen LogP contribution is -2.40. The summed E-state index contributed by atoms with van der Waals surface area (Å²) in [6.45, 7) is 6.25. The topological polar surface area (TPSA) is 84.1 Å². The molecule has 0 spiro atoms. The molecular weight excluding hydrogens is 242 g/mol. The van der Waals surface area contributed by atoms with Gasteiger partial charge >= 0.3 is 0 Å². The largest absolute Gasteiger partial charge is 0.370 e. The van der Waals surface area contributed by atoms with E-state index in [0.29, 0.717) is 6.54 Å². The third-order valence-corrected chi connectivity index (χ3v) is 3.30. The van der Waals surface area contributed by atoms with Gasteiger partial charge < -0.3 is 11.1 Å². The smallest absolute Gasteiger partial charge is 0.234 e. The van der Waals surface area contributed by atoms with Crippen LogP contribution in [0.2, 0.25) is 0 Å². The van der Waals surface area contributed by atoms with Crippen LogP contribution in [-0.4, -0.2) is 39.9 Å². The van der Waals surface area contributed by atoms with Gasteiger partial charge in [0.2, 0.25) is 5.91 Å². The van der Waals surface area contributed by atoms with Crippen LogP contribution in [0.3, 0.4) is 0 Å². The Morgan fingerprint density at radius 2 is 2.37 bits per heavy atom. The predicted octanol–water partition coefficient (Wildman–Crippen LogP) is 0.667. The van der Waals surface area contributed by atoms with Crippen molar-refractivity contribution in [2.24, 2.45) is 5.73 Å². The SMILES string of the molecule is CCNc1cc(C)nc(CN2CCCC2C(N)=O)n1. The minimum Gasteiger partial charge on any atom is -0.370 e. The van der Waals surface area contributed by atoms with E-state index < -0.39 is 0 Å². The summed E-state index contributed by atoms with van der Waals surface area (Å²) in [6, 6.07) is 1.74. The maximum absolute atomic E-state index is 11.4. The lowest BCUT2D eigenvalue weighted by atomic mass is 10.2. The highest BCUT2D eigenvalue weighted by Crippen LogP contribution is 2.19. The van der Waals surface area contributed by atoms with Crippen molar-refractivity contribution in [2.45, 2.75) is 39.3 Å². The number of hydrogen-bond acceptors (Lipinski definition) is 5. The fourth-order valence-corrected chi connectivity index (χ4v) is 2.49. The summed E-state index contributed by atoms with van der Waals surface area (Å²) >= 11 is 0. The van der Waals surface area contributed by atoms with Crippen LogP contribution in [0.15, 0.2) is 6.07 Å². The molecule has 0 aromatic carbocycles. The molecule has 1 unspecified atom stereocenters. The molecule has 104 valence electrons. The zero-order chi connectivity index (χ0) is 13.8. The van der Waals surface area contributed by atoms with Crippen LogP contribution in [0.25, 0.3) is 0 Å². The highest BCUT2D eigenvalue weighted by atomic mass is 16.1. The number of carbonyl (C=O) groups excluding carboxylic acids is 1. The molecule has 0 saturated carbocycles. The number of rotatable bonds is 5. The molecule has 0 bridgehead atoms. The first-order valence-electron chi connectivity index (χ1n) is 6.72. The number of anilines is 1. The van der Waals surface area contributed by atoms with E-state index >= 15 is 0 Å². The Balaban J connectivity index is 2.12. The Labute approximate surface area is 113 Å². The van der Waals surface area contributed by atoms with E-state index in [9.17, 15) is 4.79 Å². The van der Waals surface area contributed by atoms with E-state index in [4.69, 9.17) is 5.73 Å². The standard InChI is InChI=1S/C13H21N5O/c1-3-15-11-7-9(2)16-12(17-11)8-18-6-4-5-10(18)13(14)19/h7,10H,3-6,8H2,1-2H3,(H2,14,19)(H,15,16,17). The normalized spacial score (nSPS) is 19.6. The number of likely N-dealkylation sites (tertiary alicyclic amines) is 1. The summed E-state index contributed by atoms with van der Waals surface area (Å²) < 4.78 is 0. The van der Waals surface area contributed by atoms with E-state index in [1.807, 2.05) is 19.9 Å². The van der Waals surface area contributed by atoms with Crippen LogP contribution in [0, 0.1) is 6.92 Å². The van der Waals surface area contributed by atoms with E-state index in [2.05, 4.69) is 20.2 Å². The number of aromatic nitrogens is 2. The van der Waals surface area contributed by atoms with Crippen molar-refractivity contribution < 1.29 is 4.79 Å². The predicted molar refractivity (Wildman–Crippen MR) is 73.6 cm³/mol. The van der Waals surface area contributed by atoms with Gasteiger partial charge in [0.05, 0.1) is 12.6 Å². The highest BCUT2D eigenvalue weighted by Gasteiger charge is 2.29. The van der Waals surface area contributed by atoms with Crippen molar-refractivity contribution in [2.75, 3.05) is 18.4 Å². The fourth-order valence-electron chi connectivity index (χ4n) is 2.49. The number of amides is 1. The van der Waals surface area contributed by atoms with E-state index in [1.165, 1.54) is 0 Å². The number of nitrogens with zero attached hydrogens (tertiary/aromatic N) is 3. The Morgan fingerprint density at radius 3 is 3.05 bits per heavy atom. The van der Waals surface area contributed by atoms with Crippen LogP contribution < -0.4 is 11.1 Å². The third-order valence-electron chi connectivity index (χ3n) is 3.30. The molecule has 6 nitrogen and oxygen atoms in total. The molecule has 0 radical (unpaired) electrons. The van der Waals surface area contributed by atoms with Crippen LogP contribution in [0.5, 0.6) is 0 Å². The van der Waals surface area contributed by atoms with Crippen molar-refractivity contribution in [3.63, 3.8) is 0 Å². The molecule has 1 fully saturated rings. The molecule has 1 aliphatic rings. The highest BCUT2D eigenvalue weighted by molar-refractivity contribution is 5.80. The average molecular weight is 263 g/mol. The summed E-state index contributed by atoms with van der Waals surface area (Å²) in [5.74, 6) is 1.32. The van der Waals surface area contributed by atoms with Gasteiger partial charge in [-0.05, 0) is 33.2 Å². The van der Waals surface area contributed by atoms with Crippen LogP contribution in [-0.2, 0) is 11.3 Å². The lowest BCUT2D eigenvalue weighted by molar-refractivity contribution is -0.122. The Bertz CT molecular complexity index is 462. The summed E-state index contributed by atoms with van der Waals surface area (Å²) in [6.07, 6.45) is 1.83. The molecule has 6 heteroatoms. The van der Waals surface area contributed by atoms with Crippen LogP contribution in [0.4, 0.5) is 5.82 Å². The second-order valence-corrected chi connectivity index (χ2v) is 4.87. The van der Waals surface area contributed by atoms with Crippen molar-refractivity contribution in [3.05, 3.63) is 17.6 Å². The average Bonchev–Trinajstić information content (AvgIpc) is 2.76. The second kappa shape index (κ2) is 5.97. The summed E-state index contributed by atoms with van der Waals surface area (Å²) in [5.41, 5.74) is 6.34. The number of nitrogens with two attached hydrogens (primary N) is 1. The number of primary amides is 1. The molecule has 2 rings (SSSR count). The molecule has 19 heavy (non-hydrogen) atoms. The van der Waals surface area contributed by atoms with Gasteiger partial charge in [0.25, 0.3) is 0 Å². The van der Waals surface area contributed by atoms with Gasteiger partial charge in [-0.15, -0.1) is 0 Å². The summed E-state index contributed by atoms with van der Waals surface area (Å²) in [4.78, 5) is 22.3. The van der Waals surface area contributed by atoms with E-state index in [-0.39, 0.29) is 11.9 Å². The van der Waals surface area contributed by atoms with Crippen molar-refractivity contribution in [1.29, 1.82) is 0 Å². The van der Waals surface area contributed by atoms with Gasteiger partial charge in [0, 0.05) is 18.3 Å². The number of aryl methyl sites for hydroxylation is 1. The van der Waals surface area contributed by atoms with Gasteiger partial charge in [0.15, 0.2) is 0 Å². The number of carbonyl (C=O) groups is 1. The first kappa shape index (κ1) is 13.7. The monoisotopic (exact) mass is 263 g/mol. The minimum atomic E-state index is -0.253. The molecule has 0 aliphatic carbocycles. The molecule has 1 aliphatic heterocycles. The van der Waals surface area contributed by atoms with Crippen molar-refractivity contribution in [3.8, 4) is 0 Å². The lowest BCUT2D eigenvalue weighted by Gasteiger charge is -2.21. The van der Waals surface area contributed by atoms with E-state index in [1.54, 1.807) is 0 Å². The Morgan fingerprint density at radius 1 is 1.58 bits per heavy atom. The van der Waals surface area contributed by atoms with Crippen molar-refractivity contribution >= 4 is 11.7 Å². The Hall–Kier alpha value is -1.69. The van der Waals surface area contributed by atoms with Gasteiger partial charge in [-0.3, -0.25) is 9.69 Å². The quantitative estimate of drug-likeness (QED) is 0.815. The first-order chi connectivity index (χ1) is 9.10. The number of nitrogens with one attached hydrogen (secondary N) is 1. The molecular formula is C13H21N5O. The molecule has 2 heterocycles. The minimum absolute atomic E-state index is 0.174. The van der Waals surface area contributed by atoms with Crippen LogP contribution in [0.1, 0.15) is 31.3 Å². The fraction of sp³-hybridized carbons (Fsp3) is 0.615. The Kier molecular flexibility index (Phi) is 4.31. The molecule has 1 aromatic rings. The summed E-state index contributed by atoms with van der Waals surface area (Å²) in [5, 5.41) is 3.19. The molecule has 1 aromatic heterocycles.